The Morgan fingerprint density at radius 2 is 1.90 bits per heavy atom. The van der Waals surface area contributed by atoms with Gasteiger partial charge >= 0.3 is 6.03 Å². The molecule has 2 aromatic heterocycles. The van der Waals surface area contributed by atoms with Gasteiger partial charge in [-0.1, -0.05) is 24.3 Å². The van der Waals surface area contributed by atoms with Crippen LogP contribution in [0.4, 0.5) is 10.5 Å². The van der Waals surface area contributed by atoms with Gasteiger partial charge in [-0.25, -0.2) is 4.79 Å². The Bertz CT molecular complexity index is 1630. The number of rotatable bonds is 9. The molecule has 0 saturated carbocycles. The summed E-state index contributed by atoms with van der Waals surface area (Å²) in [6.45, 7) is 0.218. The molecule has 0 radical (unpaired) electrons. The van der Waals surface area contributed by atoms with Crippen molar-refractivity contribution in [2.24, 2.45) is 12.8 Å². The minimum Gasteiger partial charge on any atom is -0.497 e. The van der Waals surface area contributed by atoms with E-state index >= 15 is 0 Å². The summed E-state index contributed by atoms with van der Waals surface area (Å²) in [4.78, 5) is 57.4. The van der Waals surface area contributed by atoms with Crippen LogP contribution in [0, 0.1) is 0 Å². The molecule has 5 amide bonds. The number of para-hydroxylation sites is 1. The number of methoxy groups -OCH3 is 1. The number of urea groups is 1. The molecular formula is C30H33N7O5. The molecule has 6 N–H and O–H groups in total. The summed E-state index contributed by atoms with van der Waals surface area (Å²) < 4.78 is 6.87. The van der Waals surface area contributed by atoms with Crippen LogP contribution in [0.15, 0.2) is 73.1 Å². The molecule has 3 heterocycles. The van der Waals surface area contributed by atoms with Crippen LogP contribution in [-0.2, 0) is 23.1 Å². The van der Waals surface area contributed by atoms with Gasteiger partial charge in [-0.3, -0.25) is 14.4 Å². The molecule has 3 atom stereocenters. The first-order chi connectivity index (χ1) is 20.2. The van der Waals surface area contributed by atoms with E-state index in [0.29, 0.717) is 23.6 Å². The van der Waals surface area contributed by atoms with Crippen molar-refractivity contribution in [3.8, 4) is 5.75 Å². The van der Waals surface area contributed by atoms with Gasteiger partial charge in [-0.2, -0.15) is 0 Å². The molecular weight excluding hydrogens is 538 g/mol. The summed E-state index contributed by atoms with van der Waals surface area (Å²) >= 11 is 0. The SMILES string of the molecule is COc1cccc(NC(=O)NC2CCN(C(=O)c3cccn3C)C2C(=O)NC(Cc2c[nH]c3ccccc23)C(N)=O)c1. The molecule has 0 spiro atoms. The molecule has 3 unspecified atom stereocenters. The van der Waals surface area contributed by atoms with Crippen molar-refractivity contribution in [3.05, 3.63) is 84.3 Å². The second-order valence-corrected chi connectivity index (χ2v) is 10.2. The molecule has 1 aliphatic heterocycles. The standard InChI is InChI=1S/C30H33N7O5/c1-36-13-6-11-25(36)29(40)37-14-12-23(35-30(41)33-19-7-5-8-20(16-19)42-2)26(37)28(39)34-24(27(31)38)15-18-17-32-22-10-4-3-9-21(18)22/h3-11,13,16-17,23-24,26,32H,12,14-15H2,1-2H3,(H2,31,38)(H,34,39)(H2,33,35,41). The molecule has 0 bridgehead atoms. The van der Waals surface area contributed by atoms with E-state index in [4.69, 9.17) is 10.5 Å². The Hall–Kier alpha value is -5.26. The van der Waals surface area contributed by atoms with Gasteiger partial charge in [-0.15, -0.1) is 0 Å². The number of fused-ring (bicyclic) bond motifs is 1. The number of anilines is 1. The van der Waals surface area contributed by atoms with Crippen LogP contribution in [0.3, 0.4) is 0 Å². The average Bonchev–Trinajstić information content (AvgIpc) is 3.71. The second-order valence-electron chi connectivity index (χ2n) is 10.2. The maximum absolute atomic E-state index is 13.8. The van der Waals surface area contributed by atoms with E-state index in [1.165, 1.54) is 12.0 Å². The normalized spacial score (nSPS) is 17.0. The number of aromatic nitrogens is 2. The summed E-state index contributed by atoms with van der Waals surface area (Å²) in [5.41, 5.74) is 8.31. The van der Waals surface area contributed by atoms with Gasteiger partial charge in [0, 0.05) is 55.1 Å². The number of hydrogen-bond donors (Lipinski definition) is 5. The van der Waals surface area contributed by atoms with Gasteiger partial charge in [0.1, 0.15) is 23.5 Å². The van der Waals surface area contributed by atoms with Gasteiger partial charge < -0.3 is 40.9 Å². The second kappa shape index (κ2) is 12.1. The lowest BCUT2D eigenvalue weighted by molar-refractivity contribution is -0.130. The van der Waals surface area contributed by atoms with Crippen LogP contribution in [0.1, 0.15) is 22.5 Å². The van der Waals surface area contributed by atoms with Gasteiger partial charge in [0.2, 0.25) is 11.8 Å². The van der Waals surface area contributed by atoms with Crippen molar-refractivity contribution in [3.63, 3.8) is 0 Å². The van der Waals surface area contributed by atoms with E-state index < -0.39 is 36.0 Å². The number of carbonyl (C=O) groups is 4. The molecule has 1 aliphatic rings. The first kappa shape index (κ1) is 28.3. The highest BCUT2D eigenvalue weighted by molar-refractivity contribution is 5.99. The molecule has 1 fully saturated rings. The summed E-state index contributed by atoms with van der Waals surface area (Å²) in [5, 5.41) is 9.25. The first-order valence-corrected chi connectivity index (χ1v) is 13.5. The lowest BCUT2D eigenvalue weighted by Crippen LogP contribution is -2.58. The number of nitrogens with zero attached hydrogens (tertiary/aromatic N) is 2. The Morgan fingerprint density at radius 3 is 2.64 bits per heavy atom. The van der Waals surface area contributed by atoms with Gasteiger partial charge in [0.15, 0.2) is 0 Å². The maximum atomic E-state index is 13.8. The van der Waals surface area contributed by atoms with Crippen molar-refractivity contribution in [1.29, 1.82) is 0 Å². The first-order valence-electron chi connectivity index (χ1n) is 13.5. The smallest absolute Gasteiger partial charge is 0.319 e. The van der Waals surface area contributed by atoms with E-state index in [2.05, 4.69) is 20.9 Å². The Balaban J connectivity index is 1.37. The minimum absolute atomic E-state index is 0.151. The fourth-order valence-electron chi connectivity index (χ4n) is 5.36. The van der Waals surface area contributed by atoms with Gasteiger partial charge in [0.25, 0.3) is 5.91 Å². The Morgan fingerprint density at radius 1 is 1.10 bits per heavy atom. The highest BCUT2D eigenvalue weighted by Crippen LogP contribution is 2.24. The summed E-state index contributed by atoms with van der Waals surface area (Å²) in [6, 6.07) is 14.4. The number of aryl methyl sites for hydroxylation is 1. The molecule has 4 aromatic rings. The Labute approximate surface area is 242 Å². The zero-order chi connectivity index (χ0) is 29.8. The Kier molecular flexibility index (Phi) is 8.14. The molecule has 12 heteroatoms. The molecule has 42 heavy (non-hydrogen) atoms. The number of benzene rings is 2. The number of nitrogens with one attached hydrogen (secondary N) is 4. The number of likely N-dealkylation sites (tertiary alicyclic amines) is 1. The van der Waals surface area contributed by atoms with E-state index in [9.17, 15) is 19.2 Å². The predicted octanol–water partition coefficient (Wildman–Crippen LogP) is 2.13. The van der Waals surface area contributed by atoms with Crippen LogP contribution in [0.2, 0.25) is 0 Å². The van der Waals surface area contributed by atoms with Gasteiger partial charge in [0.05, 0.1) is 13.2 Å². The summed E-state index contributed by atoms with van der Waals surface area (Å²) in [5.74, 6) is -1.11. The third-order valence-electron chi connectivity index (χ3n) is 7.49. The van der Waals surface area contributed by atoms with Crippen LogP contribution in [-0.4, -0.2) is 70.0 Å². The molecule has 5 rings (SSSR count). The van der Waals surface area contributed by atoms with Crippen molar-refractivity contribution in [2.45, 2.75) is 31.0 Å². The largest absolute Gasteiger partial charge is 0.497 e. The number of primary amides is 1. The number of nitrogens with two attached hydrogens (primary N) is 1. The average molecular weight is 572 g/mol. The number of amides is 5. The number of carbonyl (C=O) groups excluding carboxylic acids is 4. The maximum Gasteiger partial charge on any atom is 0.319 e. The number of aromatic amines is 1. The van der Waals surface area contributed by atoms with Crippen LogP contribution in [0.25, 0.3) is 10.9 Å². The van der Waals surface area contributed by atoms with Crippen LogP contribution < -0.4 is 26.4 Å². The zero-order valence-electron chi connectivity index (χ0n) is 23.3. The monoisotopic (exact) mass is 571 g/mol. The lowest BCUT2D eigenvalue weighted by atomic mass is 10.0. The summed E-state index contributed by atoms with van der Waals surface area (Å²) in [6.07, 6.45) is 3.99. The number of ether oxygens (including phenoxy) is 1. The molecule has 2 aromatic carbocycles. The lowest BCUT2D eigenvalue weighted by Gasteiger charge is -2.29. The third kappa shape index (κ3) is 5.92. The molecule has 1 saturated heterocycles. The topological polar surface area (TPSA) is 164 Å². The molecule has 12 nitrogen and oxygen atoms in total. The fraction of sp³-hybridized carbons (Fsp3) is 0.267. The van der Waals surface area contributed by atoms with Gasteiger partial charge in [-0.05, 0) is 42.3 Å². The van der Waals surface area contributed by atoms with Crippen LogP contribution in [0.5, 0.6) is 5.75 Å². The predicted molar refractivity (Wildman–Crippen MR) is 157 cm³/mol. The highest BCUT2D eigenvalue weighted by atomic mass is 16.5. The summed E-state index contributed by atoms with van der Waals surface area (Å²) in [7, 11) is 3.26. The molecule has 218 valence electrons. The minimum atomic E-state index is -1.09. The van der Waals surface area contributed by atoms with Crippen molar-refractivity contribution in [1.82, 2.24) is 25.1 Å². The van der Waals surface area contributed by atoms with Crippen molar-refractivity contribution < 1.29 is 23.9 Å². The van der Waals surface area contributed by atoms with E-state index in [-0.39, 0.29) is 18.9 Å². The third-order valence-corrected chi connectivity index (χ3v) is 7.49. The van der Waals surface area contributed by atoms with Crippen molar-refractivity contribution >= 4 is 40.3 Å². The molecule has 0 aliphatic carbocycles. The van der Waals surface area contributed by atoms with E-state index in [1.807, 2.05) is 24.3 Å². The number of hydrogen-bond acceptors (Lipinski definition) is 5. The highest BCUT2D eigenvalue weighted by Gasteiger charge is 2.44. The number of H-pyrrole nitrogens is 1. The van der Waals surface area contributed by atoms with E-state index in [0.717, 1.165) is 16.5 Å². The quantitative estimate of drug-likeness (QED) is 0.207. The van der Waals surface area contributed by atoms with Crippen LogP contribution >= 0.6 is 0 Å². The van der Waals surface area contributed by atoms with Crippen molar-refractivity contribution in [2.75, 3.05) is 19.0 Å². The van der Waals surface area contributed by atoms with E-state index in [1.54, 1.807) is 60.4 Å². The fourth-order valence-corrected chi connectivity index (χ4v) is 5.36. The zero-order valence-corrected chi connectivity index (χ0v) is 23.3.